The van der Waals surface area contributed by atoms with Gasteiger partial charge in [0.1, 0.15) is 51.9 Å². The molecule has 4 heterocycles. The van der Waals surface area contributed by atoms with Crippen LogP contribution < -0.4 is 54.8 Å². The number of hydrogen-bond donors (Lipinski definition) is 14. The number of rotatable bonds is 28. The summed E-state index contributed by atoms with van der Waals surface area (Å²) < 4.78 is 11.3. The molecule has 4 aromatic rings. The molecule has 4 rings (SSSR count). The molecule has 0 spiro atoms. The highest BCUT2D eigenvalue weighted by Crippen LogP contribution is 2.26. The van der Waals surface area contributed by atoms with Crippen LogP contribution in [0.3, 0.4) is 0 Å². The fraction of sp³-hybridized carbons (Fsp3) is 0.512. The van der Waals surface area contributed by atoms with Crippen molar-refractivity contribution >= 4 is 80.6 Å². The van der Waals surface area contributed by atoms with E-state index in [1.807, 2.05) is 0 Å². The lowest BCUT2D eigenvalue weighted by Gasteiger charge is -2.30. The highest BCUT2D eigenvalue weighted by atomic mass is 32.2. The van der Waals surface area contributed by atoms with E-state index in [2.05, 4.69) is 61.8 Å². The van der Waals surface area contributed by atoms with Crippen LogP contribution in [0.5, 0.6) is 0 Å². The quantitative estimate of drug-likeness (QED) is 0.0241. The Balaban J connectivity index is 1.38. The molecule has 0 fully saturated rings. The van der Waals surface area contributed by atoms with Crippen LogP contribution in [-0.4, -0.2) is 159 Å². The van der Waals surface area contributed by atoms with Gasteiger partial charge in [-0.3, -0.25) is 37.8 Å². The second-order valence-electron chi connectivity index (χ2n) is 16.4. The molecule has 30 heteroatoms. The van der Waals surface area contributed by atoms with Crippen LogP contribution in [0.4, 0.5) is 5.82 Å². The molecule has 7 amide bonds. The number of hydrogen-bond acceptors (Lipinski definition) is 21. The van der Waals surface area contributed by atoms with Crippen molar-refractivity contribution < 1.29 is 53.1 Å². The number of amides is 7. The van der Waals surface area contributed by atoms with Crippen LogP contribution in [-0.2, 0) is 41.2 Å². The van der Waals surface area contributed by atoms with Gasteiger partial charge in [0.25, 0.3) is 11.8 Å². The molecule has 18 N–H and O–H groups in total. The number of nitrogens with zero attached hydrogens (tertiary/aromatic N) is 5. The number of anilines is 1. The minimum Gasteiger partial charge on any atom is -0.391 e. The highest BCUT2D eigenvalue weighted by Gasteiger charge is 2.37. The maximum absolute atomic E-state index is 13.9. The topological polar surface area (TPSA) is 454 Å². The van der Waals surface area contributed by atoms with Gasteiger partial charge in [-0.2, -0.15) is 0 Å². The van der Waals surface area contributed by atoms with E-state index in [0.29, 0.717) is 34.4 Å². The van der Waals surface area contributed by atoms with E-state index in [1.165, 1.54) is 62.9 Å². The highest BCUT2D eigenvalue weighted by molar-refractivity contribution is 7.84. The number of primary amides is 2. The molecule has 0 saturated carbocycles. The van der Waals surface area contributed by atoms with Crippen molar-refractivity contribution in [3.8, 4) is 10.7 Å². The zero-order valence-corrected chi connectivity index (χ0v) is 41.8. The van der Waals surface area contributed by atoms with Gasteiger partial charge in [-0.15, -0.1) is 22.7 Å². The summed E-state index contributed by atoms with van der Waals surface area (Å²) in [5.74, 6) is -6.97. The standard InChI is InChI=1S/C41H60N16O11S3/c1-17-28(54-35(57-33(17)44)22(11-26(43)59)49-12-21(42)34(45)62)39(66)56-30(32(61)23-13-46-16-50-23)40(67)51-19(3)31(60)18(2)36(63)55-29(20(4)58)38(65)48-9-7-27-52-25(15-69-27)41-53-24(14-70-41)37(64)47-8-6-10-71(5)68/h13-16,18-22,29-32,49,58,60-61H,6-12,42H2,1-5H3,(H2,43,59)(H2,45,62)(H,46,50)(H,47,64)(H,48,65)(H,51,67)(H,55,63)(H,56,66)(H2,44,54,57)/t18-,19+,20+,21-,22-,29-,30-,31-,32-,71?/m0/s1. The molecule has 0 aliphatic heterocycles. The number of nitrogens with one attached hydrogen (secondary N) is 7. The molecule has 0 aliphatic rings. The SMILES string of the molecule is Cc1c(N)nc([C@H](CC(N)=O)NC[C@H](N)C(N)=O)nc1C(=O)N[C@H](C(=O)N[C@H](C)[C@@H](O)[C@H](C)C(=O)N[C@H](C(=O)NCCc1nc(-c2nc(C(=O)NCCCS(C)=O)cs2)cs1)[C@@H](C)O)[C@@H](O)c1cnc[nH]1. The molecule has 0 saturated heterocycles. The molecular formula is C41H60N16O11S3. The molecule has 27 nitrogen and oxygen atoms in total. The first-order valence-electron chi connectivity index (χ1n) is 21.9. The van der Waals surface area contributed by atoms with Gasteiger partial charge in [0.2, 0.25) is 29.5 Å². The Morgan fingerprint density at radius 1 is 0.859 bits per heavy atom. The van der Waals surface area contributed by atoms with Crippen molar-refractivity contribution in [1.82, 2.24) is 61.8 Å². The Morgan fingerprint density at radius 3 is 2.21 bits per heavy atom. The monoisotopic (exact) mass is 1050 g/mol. The lowest BCUT2D eigenvalue weighted by Crippen LogP contribution is -2.57. The van der Waals surface area contributed by atoms with Crippen molar-refractivity contribution in [3.63, 3.8) is 0 Å². The summed E-state index contributed by atoms with van der Waals surface area (Å²) in [5, 5.41) is 53.1. The van der Waals surface area contributed by atoms with Gasteiger partial charge in [0, 0.05) is 71.6 Å². The largest absolute Gasteiger partial charge is 0.391 e. The number of nitrogen functional groups attached to an aromatic ring is 1. The number of imidazole rings is 1. The molecule has 0 aliphatic carbocycles. The number of carbonyl (C=O) groups is 7. The van der Waals surface area contributed by atoms with Crippen molar-refractivity contribution in [2.24, 2.45) is 23.1 Å². The smallest absolute Gasteiger partial charge is 0.271 e. The number of aliphatic hydroxyl groups excluding tert-OH is 3. The number of aliphatic hydroxyl groups is 3. The van der Waals surface area contributed by atoms with E-state index in [4.69, 9.17) is 22.9 Å². The van der Waals surface area contributed by atoms with Gasteiger partial charge in [-0.05, 0) is 27.2 Å². The summed E-state index contributed by atoms with van der Waals surface area (Å²) >= 11 is 2.54. The Kier molecular flexibility index (Phi) is 21.5. The van der Waals surface area contributed by atoms with Crippen molar-refractivity contribution in [2.75, 3.05) is 37.4 Å². The lowest BCUT2D eigenvalue weighted by atomic mass is 9.96. The second kappa shape index (κ2) is 26.7. The third-order valence-electron chi connectivity index (χ3n) is 10.7. The van der Waals surface area contributed by atoms with Crippen LogP contribution in [0.15, 0.2) is 23.3 Å². The average molecular weight is 1050 g/mol. The fourth-order valence-corrected chi connectivity index (χ4v) is 8.70. The van der Waals surface area contributed by atoms with E-state index < -0.39 is 107 Å². The summed E-state index contributed by atoms with van der Waals surface area (Å²) in [4.78, 5) is 114. The zero-order valence-electron chi connectivity index (χ0n) is 39.3. The van der Waals surface area contributed by atoms with E-state index in [0.717, 1.165) is 0 Å². The van der Waals surface area contributed by atoms with Crippen LogP contribution in [0.2, 0.25) is 0 Å². The molecule has 71 heavy (non-hydrogen) atoms. The van der Waals surface area contributed by atoms with Gasteiger partial charge in [0.15, 0.2) is 0 Å². The summed E-state index contributed by atoms with van der Waals surface area (Å²) in [6, 6.07) is -6.81. The van der Waals surface area contributed by atoms with E-state index in [-0.39, 0.29) is 59.7 Å². The Bertz CT molecular complexity index is 2520. The minimum absolute atomic E-state index is 0.00557. The molecule has 4 aromatic heterocycles. The van der Waals surface area contributed by atoms with Crippen LogP contribution >= 0.6 is 22.7 Å². The third kappa shape index (κ3) is 16.6. The normalized spacial score (nSPS) is 15.6. The predicted octanol–water partition coefficient (Wildman–Crippen LogP) is -3.95. The zero-order chi connectivity index (χ0) is 52.7. The number of thiazole rings is 2. The van der Waals surface area contributed by atoms with Crippen LogP contribution in [0, 0.1) is 12.8 Å². The Hall–Kier alpha value is -6.41. The first-order valence-corrected chi connectivity index (χ1v) is 25.4. The Morgan fingerprint density at radius 2 is 1.58 bits per heavy atom. The van der Waals surface area contributed by atoms with E-state index >= 15 is 0 Å². The van der Waals surface area contributed by atoms with Crippen LogP contribution in [0.1, 0.15) is 88.8 Å². The summed E-state index contributed by atoms with van der Waals surface area (Å²) in [5.41, 5.74) is 22.9. The molecule has 10 atom stereocenters. The molecular weight excluding hydrogens is 989 g/mol. The van der Waals surface area contributed by atoms with E-state index in [9.17, 15) is 53.1 Å². The van der Waals surface area contributed by atoms with Gasteiger partial charge < -0.3 is 75.1 Å². The molecule has 0 radical (unpaired) electrons. The second-order valence-corrected chi connectivity index (χ2v) is 19.7. The maximum atomic E-state index is 13.9. The number of aromatic nitrogens is 6. The summed E-state index contributed by atoms with van der Waals surface area (Å²) in [7, 11) is -0.955. The number of carbonyl (C=O) groups excluding carboxylic acids is 7. The summed E-state index contributed by atoms with van der Waals surface area (Å²) in [6.07, 6.45) is -0.387. The van der Waals surface area contributed by atoms with Gasteiger partial charge in [-0.1, -0.05) is 6.92 Å². The minimum atomic E-state index is -1.82. The first-order chi connectivity index (χ1) is 33.5. The predicted molar refractivity (Wildman–Crippen MR) is 260 cm³/mol. The molecule has 1 unspecified atom stereocenters. The molecule has 0 bridgehead atoms. The fourth-order valence-electron chi connectivity index (χ4n) is 6.53. The van der Waals surface area contributed by atoms with Crippen molar-refractivity contribution in [3.05, 3.63) is 56.8 Å². The van der Waals surface area contributed by atoms with Gasteiger partial charge >= 0.3 is 0 Å². The third-order valence-corrected chi connectivity index (χ3v) is 13.4. The number of nitrogens with two attached hydrogens (primary N) is 4. The number of H-pyrrole nitrogens is 1. The van der Waals surface area contributed by atoms with Crippen LogP contribution in [0.25, 0.3) is 10.7 Å². The Labute approximate surface area is 417 Å². The van der Waals surface area contributed by atoms with Crippen molar-refractivity contribution in [2.45, 2.75) is 95.5 Å². The van der Waals surface area contributed by atoms with E-state index in [1.54, 1.807) is 17.0 Å². The molecule has 388 valence electrons. The maximum Gasteiger partial charge on any atom is 0.271 e. The first kappa shape index (κ1) is 57.2. The van der Waals surface area contributed by atoms with Gasteiger partial charge in [0.05, 0.1) is 59.5 Å². The lowest BCUT2D eigenvalue weighted by molar-refractivity contribution is -0.136. The summed E-state index contributed by atoms with van der Waals surface area (Å²) in [6.45, 7) is 5.54. The van der Waals surface area contributed by atoms with Crippen molar-refractivity contribution in [1.29, 1.82) is 0 Å². The number of aromatic amines is 1. The van der Waals surface area contributed by atoms with Gasteiger partial charge in [-0.25, -0.2) is 24.9 Å². The average Bonchev–Trinajstić information content (AvgIpc) is 4.13. The molecule has 0 aromatic carbocycles.